The predicted molar refractivity (Wildman–Crippen MR) is 74.8 cm³/mol. The lowest BCUT2D eigenvalue weighted by Gasteiger charge is -2.13. The standard InChI is InChI=1S/C10H10ClIN2O4/c11-6-2-1-5(12)3-7(6)13-10(18)14-8(4-15)9(16)17/h1-3,8,15H,4H2,(H,16,17)(H2,13,14,18)/t8-/m1/s1. The Kier molecular flexibility index (Phi) is 5.63. The molecule has 1 rings (SSSR count). The van der Waals surface area contributed by atoms with Gasteiger partial charge in [0, 0.05) is 3.57 Å². The van der Waals surface area contributed by atoms with Crippen LogP contribution < -0.4 is 10.6 Å². The minimum absolute atomic E-state index is 0.335. The molecule has 0 heterocycles. The molecule has 0 bridgehead atoms. The van der Waals surface area contributed by atoms with Crippen LogP contribution in [0.5, 0.6) is 0 Å². The van der Waals surface area contributed by atoms with E-state index in [1.54, 1.807) is 18.2 Å². The van der Waals surface area contributed by atoms with Crippen LogP contribution in [0, 0.1) is 3.57 Å². The van der Waals surface area contributed by atoms with E-state index < -0.39 is 24.6 Å². The van der Waals surface area contributed by atoms with E-state index in [0.717, 1.165) is 3.57 Å². The highest BCUT2D eigenvalue weighted by Gasteiger charge is 2.18. The number of nitrogens with one attached hydrogen (secondary N) is 2. The van der Waals surface area contributed by atoms with Crippen molar-refractivity contribution in [2.24, 2.45) is 0 Å². The highest BCUT2D eigenvalue weighted by Crippen LogP contribution is 2.23. The predicted octanol–water partition coefficient (Wildman–Crippen LogP) is 1.51. The number of hydrogen-bond acceptors (Lipinski definition) is 3. The largest absolute Gasteiger partial charge is 0.480 e. The second-order valence-electron chi connectivity index (χ2n) is 3.30. The number of aliphatic carboxylic acids is 1. The van der Waals surface area contributed by atoms with Crippen molar-refractivity contribution in [1.82, 2.24) is 5.32 Å². The Morgan fingerprint density at radius 1 is 1.44 bits per heavy atom. The lowest BCUT2D eigenvalue weighted by atomic mass is 10.3. The fraction of sp³-hybridized carbons (Fsp3) is 0.200. The highest BCUT2D eigenvalue weighted by molar-refractivity contribution is 14.1. The van der Waals surface area contributed by atoms with Gasteiger partial charge in [0.25, 0.3) is 0 Å². The van der Waals surface area contributed by atoms with Gasteiger partial charge < -0.3 is 20.8 Å². The minimum atomic E-state index is -1.36. The normalized spacial score (nSPS) is 11.7. The van der Waals surface area contributed by atoms with Crippen LogP contribution in [0.25, 0.3) is 0 Å². The van der Waals surface area contributed by atoms with E-state index in [2.05, 4.69) is 10.6 Å². The van der Waals surface area contributed by atoms with Crippen LogP contribution in [0.2, 0.25) is 5.02 Å². The third-order valence-electron chi connectivity index (χ3n) is 1.96. The Morgan fingerprint density at radius 2 is 2.11 bits per heavy atom. The van der Waals surface area contributed by atoms with Crippen LogP contribution in [0.3, 0.4) is 0 Å². The average Bonchev–Trinajstić information content (AvgIpc) is 2.30. The van der Waals surface area contributed by atoms with Gasteiger partial charge >= 0.3 is 12.0 Å². The van der Waals surface area contributed by atoms with Gasteiger partial charge in [0.05, 0.1) is 17.3 Å². The average molecular weight is 385 g/mol. The first-order valence-corrected chi connectivity index (χ1v) is 6.26. The summed E-state index contributed by atoms with van der Waals surface area (Å²) in [5.41, 5.74) is 0.364. The summed E-state index contributed by atoms with van der Waals surface area (Å²) in [4.78, 5) is 22.1. The van der Waals surface area contributed by atoms with Crippen LogP contribution in [-0.4, -0.2) is 34.9 Å². The number of carboxylic acid groups (broad SMARTS) is 1. The Hall–Kier alpha value is -1.06. The first-order chi connectivity index (χ1) is 8.43. The molecule has 18 heavy (non-hydrogen) atoms. The molecule has 0 aliphatic carbocycles. The van der Waals surface area contributed by atoms with Crippen molar-refractivity contribution in [3.8, 4) is 0 Å². The molecular weight excluding hydrogens is 374 g/mol. The maximum absolute atomic E-state index is 11.5. The molecule has 2 amide bonds. The number of anilines is 1. The topological polar surface area (TPSA) is 98.7 Å². The van der Waals surface area contributed by atoms with E-state index in [0.29, 0.717) is 10.7 Å². The molecule has 4 N–H and O–H groups in total. The van der Waals surface area contributed by atoms with Crippen LogP contribution in [0.1, 0.15) is 0 Å². The van der Waals surface area contributed by atoms with Crippen LogP contribution in [-0.2, 0) is 4.79 Å². The van der Waals surface area contributed by atoms with Crippen LogP contribution >= 0.6 is 34.2 Å². The quantitative estimate of drug-likeness (QED) is 0.592. The van der Waals surface area contributed by atoms with Gasteiger partial charge in [0.1, 0.15) is 0 Å². The number of benzene rings is 1. The zero-order valence-electron chi connectivity index (χ0n) is 8.98. The third-order valence-corrected chi connectivity index (χ3v) is 2.96. The number of aliphatic hydroxyl groups excluding tert-OH is 1. The summed E-state index contributed by atoms with van der Waals surface area (Å²) in [7, 11) is 0. The fourth-order valence-electron chi connectivity index (χ4n) is 1.10. The van der Waals surface area contributed by atoms with Gasteiger partial charge in [-0.1, -0.05) is 11.6 Å². The number of carbonyl (C=O) groups excluding carboxylic acids is 1. The molecular formula is C10H10ClIN2O4. The molecule has 8 heteroatoms. The van der Waals surface area contributed by atoms with Gasteiger partial charge in [0.2, 0.25) is 0 Å². The van der Waals surface area contributed by atoms with Crippen LogP contribution in [0.15, 0.2) is 18.2 Å². The first kappa shape index (κ1) is 15.0. The summed E-state index contributed by atoms with van der Waals surface area (Å²) in [6.45, 7) is -0.692. The number of urea groups is 1. The number of rotatable bonds is 4. The van der Waals surface area contributed by atoms with Crippen molar-refractivity contribution in [3.63, 3.8) is 0 Å². The molecule has 0 radical (unpaired) electrons. The summed E-state index contributed by atoms with van der Waals surface area (Å²) in [6.07, 6.45) is 0. The Balaban J connectivity index is 2.70. The summed E-state index contributed by atoms with van der Waals surface area (Å²) in [5, 5.41) is 22.3. The van der Waals surface area contributed by atoms with Gasteiger partial charge in [-0.2, -0.15) is 0 Å². The molecule has 1 atom stereocenters. The molecule has 0 fully saturated rings. The molecule has 0 aliphatic heterocycles. The molecule has 0 saturated heterocycles. The molecule has 1 aromatic rings. The van der Waals surface area contributed by atoms with Crippen molar-refractivity contribution < 1.29 is 19.8 Å². The van der Waals surface area contributed by atoms with Crippen molar-refractivity contribution >= 4 is 51.9 Å². The van der Waals surface area contributed by atoms with Crippen molar-refractivity contribution in [2.45, 2.75) is 6.04 Å². The Morgan fingerprint density at radius 3 is 2.67 bits per heavy atom. The summed E-state index contributed by atoms with van der Waals surface area (Å²) in [5.74, 6) is -1.32. The van der Waals surface area contributed by atoms with Crippen molar-refractivity contribution in [2.75, 3.05) is 11.9 Å². The highest BCUT2D eigenvalue weighted by atomic mass is 127. The molecule has 0 saturated carbocycles. The minimum Gasteiger partial charge on any atom is -0.480 e. The summed E-state index contributed by atoms with van der Waals surface area (Å²) < 4.78 is 0.865. The third kappa shape index (κ3) is 4.31. The number of amides is 2. The van der Waals surface area contributed by atoms with E-state index in [1.807, 2.05) is 22.6 Å². The molecule has 0 aromatic heterocycles. The molecule has 0 spiro atoms. The lowest BCUT2D eigenvalue weighted by molar-refractivity contribution is -0.140. The van der Waals surface area contributed by atoms with Gasteiger partial charge in [-0.25, -0.2) is 9.59 Å². The zero-order valence-corrected chi connectivity index (χ0v) is 11.9. The number of carbonyl (C=O) groups is 2. The SMILES string of the molecule is O=C(Nc1cc(I)ccc1Cl)N[C@H](CO)C(=O)O. The van der Waals surface area contributed by atoms with E-state index >= 15 is 0 Å². The maximum atomic E-state index is 11.5. The van der Waals surface area contributed by atoms with Gasteiger partial charge in [0.15, 0.2) is 6.04 Å². The molecule has 0 unspecified atom stereocenters. The van der Waals surface area contributed by atoms with E-state index in [1.165, 1.54) is 0 Å². The zero-order chi connectivity index (χ0) is 13.7. The number of halogens is 2. The van der Waals surface area contributed by atoms with Gasteiger partial charge in [-0.3, -0.25) is 0 Å². The van der Waals surface area contributed by atoms with E-state index in [4.69, 9.17) is 21.8 Å². The van der Waals surface area contributed by atoms with Gasteiger partial charge in [-0.15, -0.1) is 0 Å². The number of carboxylic acids is 1. The second-order valence-corrected chi connectivity index (χ2v) is 4.95. The fourth-order valence-corrected chi connectivity index (χ4v) is 1.75. The number of hydrogen-bond donors (Lipinski definition) is 4. The van der Waals surface area contributed by atoms with Crippen LogP contribution in [0.4, 0.5) is 10.5 Å². The van der Waals surface area contributed by atoms with Gasteiger partial charge in [-0.05, 0) is 40.8 Å². The Labute approximate surface area is 121 Å². The first-order valence-electron chi connectivity index (χ1n) is 4.80. The lowest BCUT2D eigenvalue weighted by Crippen LogP contribution is -2.45. The van der Waals surface area contributed by atoms with E-state index in [-0.39, 0.29) is 0 Å². The Bertz CT molecular complexity index is 469. The smallest absolute Gasteiger partial charge is 0.328 e. The second kappa shape index (κ2) is 6.76. The maximum Gasteiger partial charge on any atom is 0.328 e. The molecule has 0 aliphatic rings. The molecule has 98 valence electrons. The summed E-state index contributed by atoms with van der Waals surface area (Å²) in [6, 6.07) is 2.91. The van der Waals surface area contributed by atoms with E-state index in [9.17, 15) is 9.59 Å². The van der Waals surface area contributed by atoms with Crippen molar-refractivity contribution in [3.05, 3.63) is 26.8 Å². The molecule has 1 aromatic carbocycles. The van der Waals surface area contributed by atoms with Crippen molar-refractivity contribution in [1.29, 1.82) is 0 Å². The molecule has 6 nitrogen and oxygen atoms in total. The number of aliphatic hydroxyl groups is 1. The monoisotopic (exact) mass is 384 g/mol. The summed E-state index contributed by atoms with van der Waals surface area (Å²) >= 11 is 7.91.